The third-order valence-electron chi connectivity index (χ3n) is 2.06. The van der Waals surface area contributed by atoms with Crippen molar-refractivity contribution in [1.82, 2.24) is 5.32 Å². The summed E-state index contributed by atoms with van der Waals surface area (Å²) in [6.07, 6.45) is -0.689. The molecule has 0 saturated carbocycles. The van der Waals surface area contributed by atoms with Crippen molar-refractivity contribution in [2.24, 2.45) is 0 Å². The number of hydrogen-bond acceptors (Lipinski definition) is 5. The van der Waals surface area contributed by atoms with E-state index in [0.29, 0.717) is 26.4 Å². The fourth-order valence-corrected chi connectivity index (χ4v) is 1.31. The molecular weight excluding hydrogens is 198 g/mol. The number of morpholine rings is 1. The van der Waals surface area contributed by atoms with E-state index in [2.05, 4.69) is 5.32 Å². The van der Waals surface area contributed by atoms with Crippen LogP contribution in [0.5, 0.6) is 0 Å². The summed E-state index contributed by atoms with van der Waals surface area (Å²) in [5.74, 6) is -0.311. The Balaban J connectivity index is 2.21. The first-order chi connectivity index (χ1) is 7.24. The van der Waals surface area contributed by atoms with Gasteiger partial charge in [0.1, 0.15) is 6.10 Å². The van der Waals surface area contributed by atoms with Crippen LogP contribution < -0.4 is 5.32 Å². The second-order valence-electron chi connectivity index (χ2n) is 3.47. The maximum Gasteiger partial charge on any atom is 0.336 e. The van der Waals surface area contributed by atoms with Crippen molar-refractivity contribution in [3.8, 4) is 0 Å². The van der Waals surface area contributed by atoms with Crippen molar-refractivity contribution in [2.45, 2.75) is 26.1 Å². The fraction of sp³-hybridized carbons (Fsp3) is 0.900. The van der Waals surface area contributed by atoms with E-state index in [1.807, 2.05) is 13.8 Å². The molecule has 2 unspecified atom stereocenters. The summed E-state index contributed by atoms with van der Waals surface area (Å²) < 4.78 is 15.6. The third kappa shape index (κ3) is 4.59. The molecule has 0 spiro atoms. The van der Waals surface area contributed by atoms with Gasteiger partial charge in [0.15, 0.2) is 6.10 Å². The quantitative estimate of drug-likeness (QED) is 0.654. The molecule has 0 radical (unpaired) electrons. The van der Waals surface area contributed by atoms with Crippen LogP contribution in [0.2, 0.25) is 0 Å². The van der Waals surface area contributed by atoms with E-state index < -0.39 is 6.10 Å². The molecule has 0 aromatic heterocycles. The van der Waals surface area contributed by atoms with Gasteiger partial charge in [-0.3, -0.25) is 0 Å². The Hall–Kier alpha value is -0.650. The van der Waals surface area contributed by atoms with E-state index in [1.54, 1.807) is 0 Å². The molecule has 1 heterocycles. The van der Waals surface area contributed by atoms with Gasteiger partial charge in [0, 0.05) is 19.7 Å². The first-order valence-corrected chi connectivity index (χ1v) is 5.34. The number of ether oxygens (including phenoxy) is 3. The Bertz CT molecular complexity index is 192. The van der Waals surface area contributed by atoms with E-state index in [1.165, 1.54) is 0 Å². The molecule has 15 heavy (non-hydrogen) atoms. The normalized spacial score (nSPS) is 23.5. The van der Waals surface area contributed by atoms with Gasteiger partial charge in [-0.15, -0.1) is 0 Å². The highest BCUT2D eigenvalue weighted by Crippen LogP contribution is 2.02. The van der Waals surface area contributed by atoms with Crippen LogP contribution in [-0.2, 0) is 19.0 Å². The molecule has 0 aromatic carbocycles. The number of rotatable bonds is 5. The molecule has 5 nitrogen and oxygen atoms in total. The monoisotopic (exact) mass is 217 g/mol. The molecule has 0 amide bonds. The van der Waals surface area contributed by atoms with E-state index in [9.17, 15) is 4.79 Å². The molecule has 1 aliphatic heterocycles. The number of hydrogen-bond donors (Lipinski definition) is 1. The molecule has 2 atom stereocenters. The van der Waals surface area contributed by atoms with Crippen molar-refractivity contribution in [2.75, 3.05) is 32.9 Å². The molecule has 1 N–H and O–H groups in total. The van der Waals surface area contributed by atoms with Crippen molar-refractivity contribution in [3.05, 3.63) is 0 Å². The lowest BCUT2D eigenvalue weighted by Crippen LogP contribution is -2.44. The number of carbonyl (C=O) groups is 1. The van der Waals surface area contributed by atoms with Crippen LogP contribution in [0.1, 0.15) is 13.8 Å². The van der Waals surface area contributed by atoms with Crippen molar-refractivity contribution >= 4 is 5.97 Å². The standard InChI is InChI=1S/C10H19NO4/c1-3-13-7-8(2)15-10(12)9-6-11-4-5-14-9/h8-9,11H,3-7H2,1-2H3. The van der Waals surface area contributed by atoms with Crippen LogP contribution >= 0.6 is 0 Å². The largest absolute Gasteiger partial charge is 0.458 e. The minimum absolute atomic E-state index is 0.219. The molecule has 88 valence electrons. The number of nitrogens with one attached hydrogen (secondary N) is 1. The molecule has 0 bridgehead atoms. The highest BCUT2D eigenvalue weighted by molar-refractivity contribution is 5.75. The van der Waals surface area contributed by atoms with Gasteiger partial charge in [-0.25, -0.2) is 4.79 Å². The number of carbonyl (C=O) groups excluding carboxylic acids is 1. The summed E-state index contributed by atoms with van der Waals surface area (Å²) >= 11 is 0. The second kappa shape index (κ2) is 6.76. The molecule has 1 aliphatic rings. The lowest BCUT2D eigenvalue weighted by molar-refractivity contribution is -0.165. The first kappa shape index (κ1) is 12.4. The zero-order valence-electron chi connectivity index (χ0n) is 9.32. The van der Waals surface area contributed by atoms with Crippen LogP contribution in [0.3, 0.4) is 0 Å². The molecule has 1 saturated heterocycles. The van der Waals surface area contributed by atoms with Crippen LogP contribution in [0, 0.1) is 0 Å². The van der Waals surface area contributed by atoms with Gasteiger partial charge >= 0.3 is 5.97 Å². The van der Waals surface area contributed by atoms with E-state index in [4.69, 9.17) is 14.2 Å². The highest BCUT2D eigenvalue weighted by atomic mass is 16.6. The smallest absolute Gasteiger partial charge is 0.336 e. The molecule has 5 heteroatoms. The maximum absolute atomic E-state index is 11.5. The SMILES string of the molecule is CCOCC(C)OC(=O)C1CNCCO1. The summed E-state index contributed by atoms with van der Waals surface area (Å²) in [6, 6.07) is 0. The summed E-state index contributed by atoms with van der Waals surface area (Å²) in [5.41, 5.74) is 0. The minimum Gasteiger partial charge on any atom is -0.458 e. The van der Waals surface area contributed by atoms with Gasteiger partial charge < -0.3 is 19.5 Å². The van der Waals surface area contributed by atoms with E-state index in [-0.39, 0.29) is 12.1 Å². The molecule has 0 aromatic rings. The fourth-order valence-electron chi connectivity index (χ4n) is 1.31. The molecule has 0 aliphatic carbocycles. The van der Waals surface area contributed by atoms with Crippen molar-refractivity contribution in [1.29, 1.82) is 0 Å². The summed E-state index contributed by atoms with van der Waals surface area (Å²) in [7, 11) is 0. The third-order valence-corrected chi connectivity index (χ3v) is 2.06. The molecule has 1 rings (SSSR count). The summed E-state index contributed by atoms with van der Waals surface area (Å²) in [5, 5.41) is 3.08. The van der Waals surface area contributed by atoms with Crippen LogP contribution in [0.25, 0.3) is 0 Å². The highest BCUT2D eigenvalue weighted by Gasteiger charge is 2.24. The Morgan fingerprint density at radius 1 is 1.67 bits per heavy atom. The van der Waals surface area contributed by atoms with Crippen molar-refractivity contribution < 1.29 is 19.0 Å². The lowest BCUT2D eigenvalue weighted by atomic mass is 10.3. The average molecular weight is 217 g/mol. The zero-order chi connectivity index (χ0) is 11.1. The van der Waals surface area contributed by atoms with Gasteiger partial charge in [-0.2, -0.15) is 0 Å². The van der Waals surface area contributed by atoms with E-state index >= 15 is 0 Å². The van der Waals surface area contributed by atoms with Gasteiger partial charge in [-0.05, 0) is 13.8 Å². The average Bonchev–Trinajstić information content (AvgIpc) is 2.27. The van der Waals surface area contributed by atoms with Gasteiger partial charge in [0.25, 0.3) is 0 Å². The first-order valence-electron chi connectivity index (χ1n) is 5.34. The maximum atomic E-state index is 11.5. The zero-order valence-corrected chi connectivity index (χ0v) is 9.32. The number of esters is 1. The van der Waals surface area contributed by atoms with Gasteiger partial charge in [-0.1, -0.05) is 0 Å². The Morgan fingerprint density at radius 2 is 2.47 bits per heavy atom. The molecule has 1 fully saturated rings. The minimum atomic E-state index is -0.470. The van der Waals surface area contributed by atoms with Gasteiger partial charge in [0.2, 0.25) is 0 Å². The van der Waals surface area contributed by atoms with Crippen LogP contribution in [0.15, 0.2) is 0 Å². The molecular formula is C10H19NO4. The lowest BCUT2D eigenvalue weighted by Gasteiger charge is -2.23. The van der Waals surface area contributed by atoms with Crippen LogP contribution in [-0.4, -0.2) is 51.1 Å². The predicted molar refractivity (Wildman–Crippen MR) is 54.7 cm³/mol. The topological polar surface area (TPSA) is 56.8 Å². The summed E-state index contributed by atoms with van der Waals surface area (Å²) in [6.45, 7) is 6.65. The van der Waals surface area contributed by atoms with Crippen molar-refractivity contribution in [3.63, 3.8) is 0 Å². The second-order valence-corrected chi connectivity index (χ2v) is 3.47. The van der Waals surface area contributed by atoms with E-state index in [0.717, 1.165) is 6.54 Å². The van der Waals surface area contributed by atoms with Gasteiger partial charge in [0.05, 0.1) is 13.2 Å². The summed E-state index contributed by atoms with van der Waals surface area (Å²) in [4.78, 5) is 11.5. The predicted octanol–water partition coefficient (Wildman–Crippen LogP) is -0.0570. The Morgan fingerprint density at radius 3 is 3.07 bits per heavy atom. The Labute approximate surface area is 90.1 Å². The Kier molecular flexibility index (Phi) is 5.60. The van der Waals surface area contributed by atoms with Crippen LogP contribution in [0.4, 0.5) is 0 Å².